The summed E-state index contributed by atoms with van der Waals surface area (Å²) >= 11 is 0. The molecule has 0 fully saturated rings. The molecule has 0 saturated heterocycles. The fourth-order valence-electron chi connectivity index (χ4n) is 2.38. The lowest BCUT2D eigenvalue weighted by atomic mass is 10.0. The van der Waals surface area contributed by atoms with Gasteiger partial charge in [-0.1, -0.05) is 24.3 Å². The van der Waals surface area contributed by atoms with Crippen molar-refractivity contribution in [2.24, 2.45) is 5.73 Å². The summed E-state index contributed by atoms with van der Waals surface area (Å²) in [5, 5.41) is 0. The third kappa shape index (κ3) is 5.33. The molecule has 2 rings (SSSR count). The summed E-state index contributed by atoms with van der Waals surface area (Å²) in [5.41, 5.74) is 8.05. The molecule has 0 aliphatic carbocycles. The second-order valence-corrected chi connectivity index (χ2v) is 7.59. The lowest BCUT2D eigenvalue weighted by Gasteiger charge is -2.09. The predicted octanol–water partition coefficient (Wildman–Crippen LogP) is 2.11. The molecular weight excluding hydrogens is 324 g/mol. The minimum Gasteiger partial charge on any atom is -0.497 e. The zero-order chi connectivity index (χ0) is 17.6. The van der Waals surface area contributed by atoms with E-state index < -0.39 is 10.0 Å². The number of rotatable bonds is 8. The van der Waals surface area contributed by atoms with Crippen LogP contribution in [0.25, 0.3) is 0 Å². The van der Waals surface area contributed by atoms with Crippen molar-refractivity contribution in [3.05, 3.63) is 59.7 Å². The number of benzene rings is 2. The van der Waals surface area contributed by atoms with Gasteiger partial charge < -0.3 is 10.5 Å². The summed E-state index contributed by atoms with van der Waals surface area (Å²) in [7, 11) is -1.96. The molecule has 0 amide bonds. The Kier molecular flexibility index (Phi) is 6.36. The van der Waals surface area contributed by atoms with E-state index in [9.17, 15) is 8.42 Å². The van der Waals surface area contributed by atoms with E-state index in [0.29, 0.717) is 18.7 Å². The van der Waals surface area contributed by atoms with Gasteiger partial charge in [-0.05, 0) is 55.2 Å². The molecule has 0 heterocycles. The SMILES string of the molecule is COc1ccc(S(=O)(=O)NCCc2ccc(CC(C)N)cc2)cc1. The Morgan fingerprint density at radius 1 is 1.04 bits per heavy atom. The highest BCUT2D eigenvalue weighted by Crippen LogP contribution is 2.15. The van der Waals surface area contributed by atoms with E-state index >= 15 is 0 Å². The van der Waals surface area contributed by atoms with Crippen LogP contribution in [0.3, 0.4) is 0 Å². The molecule has 0 aliphatic rings. The smallest absolute Gasteiger partial charge is 0.240 e. The zero-order valence-corrected chi connectivity index (χ0v) is 14.8. The second kappa shape index (κ2) is 8.28. The summed E-state index contributed by atoms with van der Waals surface area (Å²) in [6.45, 7) is 2.32. The quantitative estimate of drug-likeness (QED) is 0.765. The van der Waals surface area contributed by atoms with Gasteiger partial charge in [-0.2, -0.15) is 0 Å². The lowest BCUT2D eigenvalue weighted by molar-refractivity contribution is 0.414. The first-order chi connectivity index (χ1) is 11.4. The molecule has 2 aromatic rings. The fourth-order valence-corrected chi connectivity index (χ4v) is 3.41. The van der Waals surface area contributed by atoms with Gasteiger partial charge in [0.2, 0.25) is 10.0 Å². The van der Waals surface area contributed by atoms with Crippen LogP contribution >= 0.6 is 0 Å². The molecule has 0 saturated carbocycles. The van der Waals surface area contributed by atoms with Gasteiger partial charge in [0.25, 0.3) is 0 Å². The van der Waals surface area contributed by atoms with E-state index in [4.69, 9.17) is 10.5 Å². The molecule has 130 valence electrons. The van der Waals surface area contributed by atoms with E-state index in [2.05, 4.69) is 4.72 Å². The second-order valence-electron chi connectivity index (χ2n) is 5.82. The summed E-state index contributed by atoms with van der Waals surface area (Å²) in [6, 6.07) is 14.6. The minimum absolute atomic E-state index is 0.132. The van der Waals surface area contributed by atoms with Gasteiger partial charge in [-0.15, -0.1) is 0 Å². The minimum atomic E-state index is -3.50. The first-order valence-corrected chi connectivity index (χ1v) is 9.36. The van der Waals surface area contributed by atoms with Crippen LogP contribution < -0.4 is 15.2 Å². The predicted molar refractivity (Wildman–Crippen MR) is 95.7 cm³/mol. The molecule has 2 aromatic carbocycles. The summed E-state index contributed by atoms with van der Waals surface area (Å²) in [5.74, 6) is 0.626. The number of hydrogen-bond acceptors (Lipinski definition) is 4. The average molecular weight is 348 g/mol. The molecule has 0 aromatic heterocycles. The van der Waals surface area contributed by atoms with Crippen LogP contribution in [-0.2, 0) is 22.9 Å². The van der Waals surface area contributed by atoms with E-state index in [1.165, 1.54) is 17.7 Å². The normalized spacial score (nSPS) is 12.8. The van der Waals surface area contributed by atoms with Gasteiger partial charge in [0.05, 0.1) is 12.0 Å². The van der Waals surface area contributed by atoms with Crippen molar-refractivity contribution in [1.29, 1.82) is 0 Å². The summed E-state index contributed by atoms with van der Waals surface area (Å²) in [6.07, 6.45) is 1.47. The van der Waals surface area contributed by atoms with Gasteiger partial charge >= 0.3 is 0 Å². The van der Waals surface area contributed by atoms with Gasteiger partial charge in [0.1, 0.15) is 5.75 Å². The monoisotopic (exact) mass is 348 g/mol. The van der Waals surface area contributed by atoms with E-state index in [1.807, 2.05) is 31.2 Å². The van der Waals surface area contributed by atoms with Crippen LogP contribution in [0.1, 0.15) is 18.1 Å². The van der Waals surface area contributed by atoms with Crippen LogP contribution in [0.2, 0.25) is 0 Å². The first kappa shape index (κ1) is 18.4. The van der Waals surface area contributed by atoms with E-state index in [1.54, 1.807) is 19.2 Å². The van der Waals surface area contributed by atoms with Crippen molar-refractivity contribution in [2.75, 3.05) is 13.7 Å². The third-order valence-corrected chi connectivity index (χ3v) is 5.13. The number of nitrogens with one attached hydrogen (secondary N) is 1. The molecule has 24 heavy (non-hydrogen) atoms. The fraction of sp³-hybridized carbons (Fsp3) is 0.333. The highest BCUT2D eigenvalue weighted by Gasteiger charge is 2.13. The maximum Gasteiger partial charge on any atom is 0.240 e. The van der Waals surface area contributed by atoms with Crippen molar-refractivity contribution < 1.29 is 13.2 Å². The molecule has 0 radical (unpaired) electrons. The Hall–Kier alpha value is -1.89. The van der Waals surface area contributed by atoms with Gasteiger partial charge in [0, 0.05) is 12.6 Å². The number of hydrogen-bond donors (Lipinski definition) is 2. The largest absolute Gasteiger partial charge is 0.497 e. The van der Waals surface area contributed by atoms with Crippen molar-refractivity contribution in [3.8, 4) is 5.75 Å². The Morgan fingerprint density at radius 2 is 1.62 bits per heavy atom. The standard InChI is InChI=1S/C18H24N2O3S/c1-14(19)13-16-5-3-15(4-6-16)11-12-20-24(21,22)18-9-7-17(23-2)8-10-18/h3-10,14,20H,11-13,19H2,1-2H3. The number of sulfonamides is 1. The van der Waals surface area contributed by atoms with Crippen LogP contribution in [0.15, 0.2) is 53.4 Å². The Bertz CT molecular complexity index is 739. The van der Waals surface area contributed by atoms with Gasteiger partial charge in [-0.3, -0.25) is 0 Å². The Balaban J connectivity index is 1.90. The molecule has 6 heteroatoms. The zero-order valence-electron chi connectivity index (χ0n) is 14.0. The van der Waals surface area contributed by atoms with Gasteiger partial charge in [0.15, 0.2) is 0 Å². The first-order valence-electron chi connectivity index (χ1n) is 7.88. The van der Waals surface area contributed by atoms with Crippen molar-refractivity contribution in [3.63, 3.8) is 0 Å². The molecule has 5 nitrogen and oxygen atoms in total. The van der Waals surface area contributed by atoms with E-state index in [0.717, 1.165) is 12.0 Å². The molecular formula is C18H24N2O3S. The topological polar surface area (TPSA) is 81.4 Å². The van der Waals surface area contributed by atoms with Crippen LogP contribution in [0, 0.1) is 0 Å². The summed E-state index contributed by atoms with van der Waals surface area (Å²) in [4.78, 5) is 0.232. The Morgan fingerprint density at radius 3 is 2.17 bits per heavy atom. The molecule has 1 atom stereocenters. The maximum atomic E-state index is 12.2. The van der Waals surface area contributed by atoms with Gasteiger partial charge in [-0.25, -0.2) is 13.1 Å². The Labute approximate surface area is 143 Å². The van der Waals surface area contributed by atoms with E-state index in [-0.39, 0.29) is 10.9 Å². The molecule has 3 N–H and O–H groups in total. The van der Waals surface area contributed by atoms with Crippen molar-refractivity contribution in [1.82, 2.24) is 4.72 Å². The molecule has 1 unspecified atom stereocenters. The lowest BCUT2D eigenvalue weighted by Crippen LogP contribution is -2.26. The van der Waals surface area contributed by atoms with Crippen LogP contribution in [0.5, 0.6) is 5.75 Å². The number of ether oxygens (including phenoxy) is 1. The molecule has 0 aliphatic heterocycles. The highest BCUT2D eigenvalue weighted by molar-refractivity contribution is 7.89. The van der Waals surface area contributed by atoms with Crippen LogP contribution in [-0.4, -0.2) is 28.1 Å². The third-order valence-electron chi connectivity index (χ3n) is 3.66. The molecule has 0 spiro atoms. The maximum absolute atomic E-state index is 12.2. The number of methoxy groups -OCH3 is 1. The highest BCUT2D eigenvalue weighted by atomic mass is 32.2. The number of nitrogens with two attached hydrogens (primary N) is 1. The van der Waals surface area contributed by atoms with Crippen molar-refractivity contribution >= 4 is 10.0 Å². The van der Waals surface area contributed by atoms with Crippen LogP contribution in [0.4, 0.5) is 0 Å². The molecule has 0 bridgehead atoms. The average Bonchev–Trinajstić information content (AvgIpc) is 2.56. The summed E-state index contributed by atoms with van der Waals surface area (Å²) < 4.78 is 32.1. The van der Waals surface area contributed by atoms with Crippen molar-refractivity contribution in [2.45, 2.75) is 30.7 Å².